The summed E-state index contributed by atoms with van der Waals surface area (Å²) in [7, 11) is 0. The molecule has 0 amide bonds. The molecule has 1 N–H and O–H groups in total. The molecule has 0 unspecified atom stereocenters. The van der Waals surface area contributed by atoms with Gasteiger partial charge < -0.3 is 5.11 Å². The fraction of sp³-hybridized carbons (Fsp3) is 0.812. The first-order valence-corrected chi connectivity index (χ1v) is 8.87. The van der Waals surface area contributed by atoms with Gasteiger partial charge in [-0.15, -0.1) is 11.3 Å². The van der Waals surface area contributed by atoms with Crippen molar-refractivity contribution in [3.63, 3.8) is 0 Å². The van der Waals surface area contributed by atoms with Gasteiger partial charge in [0.2, 0.25) is 0 Å². The minimum absolute atomic E-state index is 0.352. The molecule has 0 aromatic carbocycles. The highest BCUT2D eigenvalue weighted by atomic mass is 32.1. The van der Waals surface area contributed by atoms with Crippen LogP contribution in [0.3, 0.4) is 0 Å². The summed E-state index contributed by atoms with van der Waals surface area (Å²) >= 11 is 1.93. The molecular formula is C16H26N2OS. The molecule has 1 saturated heterocycles. The molecular weight excluding hydrogens is 268 g/mol. The van der Waals surface area contributed by atoms with E-state index in [-0.39, 0.29) is 0 Å². The number of nitrogens with zero attached hydrogens (tertiary/aromatic N) is 2. The van der Waals surface area contributed by atoms with Gasteiger partial charge in [0, 0.05) is 36.2 Å². The maximum absolute atomic E-state index is 9.28. The van der Waals surface area contributed by atoms with E-state index < -0.39 is 0 Å². The number of aromatic nitrogens is 1. The molecule has 0 radical (unpaired) electrons. The van der Waals surface area contributed by atoms with Gasteiger partial charge in [-0.1, -0.05) is 12.8 Å². The van der Waals surface area contributed by atoms with E-state index in [4.69, 9.17) is 0 Å². The standard InChI is InChI=1S/C16H26N2OS/c1-12-8-13(11-19)6-7-18(12)10-15-9-17-16(20-15)14-4-2-3-5-14/h9,12-14,19H,2-8,10-11H2,1H3/t12-,13-/m0/s1. The third-order valence-electron chi connectivity index (χ3n) is 5.02. The molecule has 2 atom stereocenters. The van der Waals surface area contributed by atoms with Gasteiger partial charge in [0.05, 0.1) is 5.01 Å². The molecule has 1 aliphatic carbocycles. The monoisotopic (exact) mass is 294 g/mol. The van der Waals surface area contributed by atoms with Crippen molar-refractivity contribution in [3.8, 4) is 0 Å². The molecule has 2 aliphatic rings. The number of aliphatic hydroxyl groups is 1. The average Bonchev–Trinajstić information content (AvgIpc) is 3.11. The van der Waals surface area contributed by atoms with Crippen molar-refractivity contribution in [1.29, 1.82) is 0 Å². The van der Waals surface area contributed by atoms with Crippen LogP contribution in [0.4, 0.5) is 0 Å². The number of piperidine rings is 1. The third kappa shape index (κ3) is 3.23. The molecule has 112 valence electrons. The molecule has 0 bridgehead atoms. The van der Waals surface area contributed by atoms with E-state index >= 15 is 0 Å². The van der Waals surface area contributed by atoms with Crippen molar-refractivity contribution < 1.29 is 5.11 Å². The number of likely N-dealkylation sites (tertiary alicyclic amines) is 1. The third-order valence-corrected chi connectivity index (χ3v) is 6.16. The number of hydrogen-bond donors (Lipinski definition) is 1. The maximum Gasteiger partial charge on any atom is 0.0959 e. The smallest absolute Gasteiger partial charge is 0.0959 e. The minimum atomic E-state index is 0.352. The van der Waals surface area contributed by atoms with E-state index in [0.29, 0.717) is 18.6 Å². The van der Waals surface area contributed by atoms with Crippen molar-refractivity contribution in [3.05, 3.63) is 16.1 Å². The second kappa shape index (κ2) is 6.54. The van der Waals surface area contributed by atoms with Gasteiger partial charge in [-0.05, 0) is 45.1 Å². The first-order valence-electron chi connectivity index (χ1n) is 8.05. The Morgan fingerprint density at radius 1 is 1.35 bits per heavy atom. The van der Waals surface area contributed by atoms with Crippen LogP contribution in [0.25, 0.3) is 0 Å². The topological polar surface area (TPSA) is 36.4 Å². The summed E-state index contributed by atoms with van der Waals surface area (Å²) in [5.41, 5.74) is 0. The van der Waals surface area contributed by atoms with Crippen molar-refractivity contribution in [2.24, 2.45) is 5.92 Å². The van der Waals surface area contributed by atoms with Crippen LogP contribution in [-0.4, -0.2) is 34.2 Å². The molecule has 1 aromatic rings. The number of aliphatic hydroxyl groups excluding tert-OH is 1. The Morgan fingerprint density at radius 2 is 2.15 bits per heavy atom. The number of rotatable bonds is 4. The zero-order valence-electron chi connectivity index (χ0n) is 12.4. The summed E-state index contributed by atoms with van der Waals surface area (Å²) < 4.78 is 0. The summed E-state index contributed by atoms with van der Waals surface area (Å²) in [6, 6.07) is 0.581. The van der Waals surface area contributed by atoms with Gasteiger partial charge in [-0.25, -0.2) is 4.98 Å². The van der Waals surface area contributed by atoms with Crippen LogP contribution in [0, 0.1) is 5.92 Å². The Labute approximate surface area is 126 Å². The Kier molecular flexibility index (Phi) is 4.74. The highest BCUT2D eigenvalue weighted by molar-refractivity contribution is 7.11. The quantitative estimate of drug-likeness (QED) is 0.924. The lowest BCUT2D eigenvalue weighted by Crippen LogP contribution is -2.40. The molecule has 0 spiro atoms. The van der Waals surface area contributed by atoms with Gasteiger partial charge >= 0.3 is 0 Å². The maximum atomic E-state index is 9.28. The highest BCUT2D eigenvalue weighted by Crippen LogP contribution is 2.36. The lowest BCUT2D eigenvalue weighted by Gasteiger charge is -2.36. The SMILES string of the molecule is C[C@H]1C[C@@H](CO)CCN1Cc1cnc(C2CCCC2)s1. The van der Waals surface area contributed by atoms with Gasteiger partial charge in [-0.3, -0.25) is 4.90 Å². The van der Waals surface area contributed by atoms with Crippen LogP contribution in [-0.2, 0) is 6.54 Å². The lowest BCUT2D eigenvalue weighted by molar-refractivity contribution is 0.0846. The molecule has 1 aliphatic heterocycles. The first-order chi connectivity index (χ1) is 9.76. The van der Waals surface area contributed by atoms with Crippen LogP contribution in [0.15, 0.2) is 6.20 Å². The van der Waals surface area contributed by atoms with E-state index in [2.05, 4.69) is 23.0 Å². The summed E-state index contributed by atoms with van der Waals surface area (Å²) in [5.74, 6) is 1.25. The Bertz CT molecular complexity index is 428. The van der Waals surface area contributed by atoms with Gasteiger partial charge in [0.1, 0.15) is 0 Å². The van der Waals surface area contributed by atoms with Crippen molar-refractivity contribution >= 4 is 11.3 Å². The van der Waals surface area contributed by atoms with E-state index in [1.165, 1.54) is 35.6 Å². The van der Waals surface area contributed by atoms with E-state index in [1.54, 1.807) is 0 Å². The highest BCUT2D eigenvalue weighted by Gasteiger charge is 2.26. The molecule has 1 aromatic heterocycles. The van der Waals surface area contributed by atoms with Crippen LogP contribution < -0.4 is 0 Å². The summed E-state index contributed by atoms with van der Waals surface area (Å²) in [5, 5.41) is 10.7. The molecule has 20 heavy (non-hydrogen) atoms. The first kappa shape index (κ1) is 14.5. The van der Waals surface area contributed by atoms with Crippen molar-refractivity contribution in [2.45, 2.75) is 64.0 Å². The molecule has 2 fully saturated rings. The fourth-order valence-electron chi connectivity index (χ4n) is 3.68. The lowest BCUT2D eigenvalue weighted by atomic mass is 9.92. The van der Waals surface area contributed by atoms with Crippen LogP contribution in [0.5, 0.6) is 0 Å². The molecule has 2 heterocycles. The van der Waals surface area contributed by atoms with Crippen LogP contribution in [0.2, 0.25) is 0 Å². The fourth-order valence-corrected chi connectivity index (χ4v) is 4.79. The van der Waals surface area contributed by atoms with E-state index in [9.17, 15) is 5.11 Å². The summed E-state index contributed by atoms with van der Waals surface area (Å²) in [6.45, 7) is 4.80. The summed E-state index contributed by atoms with van der Waals surface area (Å²) in [4.78, 5) is 8.64. The molecule has 3 nitrogen and oxygen atoms in total. The molecule has 4 heteroatoms. The average molecular weight is 294 g/mol. The van der Waals surface area contributed by atoms with Crippen LogP contribution in [0.1, 0.15) is 61.3 Å². The van der Waals surface area contributed by atoms with E-state index in [0.717, 1.165) is 31.8 Å². The predicted octanol–water partition coefficient (Wildman–Crippen LogP) is 3.39. The second-order valence-corrected chi connectivity index (χ2v) is 7.69. The summed E-state index contributed by atoms with van der Waals surface area (Å²) in [6.07, 6.45) is 9.80. The normalized spacial score (nSPS) is 29.1. The van der Waals surface area contributed by atoms with Crippen molar-refractivity contribution in [1.82, 2.24) is 9.88 Å². The van der Waals surface area contributed by atoms with Crippen LogP contribution >= 0.6 is 11.3 Å². The number of thiazole rings is 1. The second-order valence-electron chi connectivity index (χ2n) is 6.54. The van der Waals surface area contributed by atoms with Crippen molar-refractivity contribution in [2.75, 3.05) is 13.2 Å². The van der Waals surface area contributed by atoms with Gasteiger partial charge in [0.15, 0.2) is 0 Å². The predicted molar refractivity (Wildman–Crippen MR) is 83.0 cm³/mol. The van der Waals surface area contributed by atoms with Gasteiger partial charge in [0.25, 0.3) is 0 Å². The zero-order valence-corrected chi connectivity index (χ0v) is 13.2. The largest absolute Gasteiger partial charge is 0.396 e. The van der Waals surface area contributed by atoms with Gasteiger partial charge in [-0.2, -0.15) is 0 Å². The Balaban J connectivity index is 1.57. The minimum Gasteiger partial charge on any atom is -0.396 e. The molecule has 1 saturated carbocycles. The number of hydrogen-bond acceptors (Lipinski definition) is 4. The Morgan fingerprint density at radius 3 is 2.85 bits per heavy atom. The van der Waals surface area contributed by atoms with E-state index in [1.807, 2.05) is 11.3 Å². The Hall–Kier alpha value is -0.450. The molecule has 3 rings (SSSR count). The zero-order chi connectivity index (χ0) is 13.9.